The SMILES string of the molecule is CCc1c(C(N)=O)nn(-c2ccc(Cl)cc2Cl)c1C1CC=C(CC(C)C)S1. The summed E-state index contributed by atoms with van der Waals surface area (Å²) in [6.45, 7) is 6.45. The normalized spacial score (nSPS) is 16.8. The number of nitrogens with two attached hydrogens (primary N) is 1. The molecule has 1 aliphatic rings. The number of hydrogen-bond donors (Lipinski definition) is 1. The molecule has 4 nitrogen and oxygen atoms in total. The third kappa shape index (κ3) is 4.20. The monoisotopic (exact) mass is 423 g/mol. The molecular formula is C20H23Cl2N3OS. The highest BCUT2D eigenvalue weighted by atomic mass is 35.5. The molecule has 27 heavy (non-hydrogen) atoms. The summed E-state index contributed by atoms with van der Waals surface area (Å²) in [6.07, 6.45) is 4.92. The molecule has 0 saturated carbocycles. The van der Waals surface area contributed by atoms with Crippen molar-refractivity contribution in [3.05, 3.63) is 56.2 Å². The van der Waals surface area contributed by atoms with Crippen LogP contribution < -0.4 is 5.73 Å². The Hall–Kier alpha value is -1.43. The number of carbonyl (C=O) groups is 1. The van der Waals surface area contributed by atoms with Gasteiger partial charge in [-0.15, -0.1) is 11.8 Å². The van der Waals surface area contributed by atoms with Gasteiger partial charge in [-0.25, -0.2) is 4.68 Å². The van der Waals surface area contributed by atoms with Crippen LogP contribution in [0.1, 0.15) is 60.6 Å². The topological polar surface area (TPSA) is 60.9 Å². The van der Waals surface area contributed by atoms with Gasteiger partial charge in [-0.1, -0.05) is 50.0 Å². The summed E-state index contributed by atoms with van der Waals surface area (Å²) in [6, 6.07) is 5.28. The van der Waals surface area contributed by atoms with Crippen molar-refractivity contribution in [2.45, 2.75) is 45.3 Å². The van der Waals surface area contributed by atoms with E-state index in [-0.39, 0.29) is 5.25 Å². The minimum absolute atomic E-state index is 0.182. The van der Waals surface area contributed by atoms with E-state index in [1.807, 2.05) is 24.8 Å². The lowest BCUT2D eigenvalue weighted by Gasteiger charge is -2.17. The molecule has 144 valence electrons. The first-order valence-corrected chi connectivity index (χ1v) is 10.7. The fourth-order valence-electron chi connectivity index (χ4n) is 3.40. The Kier molecular flexibility index (Phi) is 6.24. The zero-order chi connectivity index (χ0) is 19.7. The maximum Gasteiger partial charge on any atom is 0.269 e. The Balaban J connectivity index is 2.10. The zero-order valence-electron chi connectivity index (χ0n) is 15.6. The summed E-state index contributed by atoms with van der Waals surface area (Å²) in [5.74, 6) is 0.0836. The van der Waals surface area contributed by atoms with E-state index >= 15 is 0 Å². The van der Waals surface area contributed by atoms with Gasteiger partial charge in [-0.3, -0.25) is 4.79 Å². The Morgan fingerprint density at radius 3 is 2.74 bits per heavy atom. The number of thioether (sulfide) groups is 1. The van der Waals surface area contributed by atoms with E-state index in [0.29, 0.717) is 33.8 Å². The van der Waals surface area contributed by atoms with Gasteiger partial charge < -0.3 is 5.73 Å². The number of primary amides is 1. The van der Waals surface area contributed by atoms with Crippen molar-refractivity contribution in [2.75, 3.05) is 0 Å². The lowest BCUT2D eigenvalue weighted by atomic mass is 10.0. The third-order valence-corrected chi connectivity index (χ3v) is 6.39. The van der Waals surface area contributed by atoms with E-state index in [1.54, 1.807) is 16.8 Å². The molecule has 1 unspecified atom stereocenters. The summed E-state index contributed by atoms with van der Waals surface area (Å²) >= 11 is 14.3. The number of rotatable bonds is 6. The third-order valence-electron chi connectivity index (χ3n) is 4.52. The van der Waals surface area contributed by atoms with Crippen molar-refractivity contribution < 1.29 is 4.79 Å². The van der Waals surface area contributed by atoms with E-state index in [0.717, 1.165) is 24.1 Å². The molecule has 1 aromatic heterocycles. The maximum absolute atomic E-state index is 12.0. The minimum Gasteiger partial charge on any atom is -0.364 e. The Morgan fingerprint density at radius 1 is 1.41 bits per heavy atom. The predicted octanol–water partition coefficient (Wildman–Crippen LogP) is 5.95. The minimum atomic E-state index is -0.518. The molecule has 1 amide bonds. The van der Waals surface area contributed by atoms with Crippen molar-refractivity contribution in [1.29, 1.82) is 0 Å². The van der Waals surface area contributed by atoms with E-state index < -0.39 is 5.91 Å². The largest absolute Gasteiger partial charge is 0.364 e. The van der Waals surface area contributed by atoms with Gasteiger partial charge >= 0.3 is 0 Å². The number of allylic oxidation sites excluding steroid dienone is 2. The summed E-state index contributed by atoms with van der Waals surface area (Å²) in [4.78, 5) is 13.4. The van der Waals surface area contributed by atoms with Gasteiger partial charge in [0, 0.05) is 10.6 Å². The molecule has 2 N–H and O–H groups in total. The number of halogens is 2. The van der Waals surface area contributed by atoms with Crippen LogP contribution in [0.25, 0.3) is 5.69 Å². The average Bonchev–Trinajstić information content (AvgIpc) is 3.18. The molecule has 1 atom stereocenters. The van der Waals surface area contributed by atoms with Gasteiger partial charge in [0.25, 0.3) is 5.91 Å². The lowest BCUT2D eigenvalue weighted by molar-refractivity contribution is 0.0994. The second kappa shape index (κ2) is 8.29. The Labute approximate surface area is 174 Å². The first kappa shape index (κ1) is 20.3. The molecule has 0 aliphatic carbocycles. The molecule has 7 heteroatoms. The maximum atomic E-state index is 12.0. The van der Waals surface area contributed by atoms with E-state index in [9.17, 15) is 4.79 Å². The number of amides is 1. The van der Waals surface area contributed by atoms with Crippen LogP contribution in [-0.4, -0.2) is 15.7 Å². The fraction of sp³-hybridized carbons (Fsp3) is 0.400. The van der Waals surface area contributed by atoms with Gasteiger partial charge in [-0.05, 0) is 48.3 Å². The molecule has 1 aromatic carbocycles. The number of carbonyl (C=O) groups excluding carboxylic acids is 1. The van der Waals surface area contributed by atoms with E-state index in [2.05, 4.69) is 25.0 Å². The van der Waals surface area contributed by atoms with Crippen LogP contribution in [0.5, 0.6) is 0 Å². The van der Waals surface area contributed by atoms with Gasteiger partial charge in [0.2, 0.25) is 0 Å². The molecule has 2 heterocycles. The van der Waals surface area contributed by atoms with E-state index in [4.69, 9.17) is 28.9 Å². The molecule has 0 radical (unpaired) electrons. The molecule has 0 bridgehead atoms. The van der Waals surface area contributed by atoms with Crippen LogP contribution >= 0.6 is 35.0 Å². The number of benzene rings is 1. The Bertz CT molecular complexity index is 905. The molecule has 2 aromatic rings. The van der Waals surface area contributed by atoms with Crippen LogP contribution in [0.15, 0.2) is 29.2 Å². The van der Waals surface area contributed by atoms with Gasteiger partial charge in [0.1, 0.15) is 0 Å². The predicted molar refractivity (Wildman–Crippen MR) is 114 cm³/mol. The number of nitrogens with zero attached hydrogens (tertiary/aromatic N) is 2. The standard InChI is InChI=1S/C20H23Cl2N3OS/c1-4-14-18(20(23)26)24-25(16-7-5-12(21)10-15(16)22)19(14)17-8-6-13(27-17)9-11(2)3/h5-7,10-11,17H,4,8-9H2,1-3H3,(H2,23,26). The highest BCUT2D eigenvalue weighted by Crippen LogP contribution is 2.48. The smallest absolute Gasteiger partial charge is 0.269 e. The van der Waals surface area contributed by atoms with Gasteiger partial charge in [-0.2, -0.15) is 5.10 Å². The van der Waals surface area contributed by atoms with Crippen molar-refractivity contribution in [3.8, 4) is 5.69 Å². The second-order valence-corrected chi connectivity index (χ2v) is 9.22. The van der Waals surface area contributed by atoms with Crippen LogP contribution in [0.2, 0.25) is 10.0 Å². The first-order valence-electron chi connectivity index (χ1n) is 9.04. The Morgan fingerprint density at radius 2 is 2.15 bits per heavy atom. The van der Waals surface area contributed by atoms with Crippen molar-refractivity contribution in [3.63, 3.8) is 0 Å². The summed E-state index contributed by atoms with van der Waals surface area (Å²) in [5, 5.41) is 5.78. The van der Waals surface area contributed by atoms with E-state index in [1.165, 1.54) is 4.91 Å². The molecular weight excluding hydrogens is 401 g/mol. The highest BCUT2D eigenvalue weighted by molar-refractivity contribution is 8.03. The number of hydrogen-bond acceptors (Lipinski definition) is 3. The van der Waals surface area contributed by atoms with Crippen molar-refractivity contribution in [2.24, 2.45) is 11.7 Å². The summed E-state index contributed by atoms with van der Waals surface area (Å²) < 4.78 is 1.78. The van der Waals surface area contributed by atoms with Crippen molar-refractivity contribution >= 4 is 40.9 Å². The van der Waals surface area contributed by atoms with Crippen LogP contribution in [0.3, 0.4) is 0 Å². The summed E-state index contributed by atoms with van der Waals surface area (Å²) in [7, 11) is 0. The fourth-order valence-corrected chi connectivity index (χ4v) is 5.42. The van der Waals surface area contributed by atoms with Crippen LogP contribution in [0, 0.1) is 5.92 Å². The molecule has 3 rings (SSSR count). The van der Waals surface area contributed by atoms with Crippen LogP contribution in [0.4, 0.5) is 0 Å². The molecule has 0 spiro atoms. The highest BCUT2D eigenvalue weighted by Gasteiger charge is 2.30. The second-order valence-electron chi connectivity index (χ2n) is 7.05. The lowest BCUT2D eigenvalue weighted by Crippen LogP contribution is -2.14. The van der Waals surface area contributed by atoms with Crippen LogP contribution in [-0.2, 0) is 6.42 Å². The van der Waals surface area contributed by atoms with Gasteiger partial charge in [0.05, 0.1) is 21.7 Å². The quantitative estimate of drug-likeness (QED) is 0.624. The summed E-state index contributed by atoms with van der Waals surface area (Å²) in [5.41, 5.74) is 8.53. The van der Waals surface area contributed by atoms with Gasteiger partial charge in [0.15, 0.2) is 5.69 Å². The first-order chi connectivity index (χ1) is 12.8. The molecule has 0 fully saturated rings. The average molecular weight is 424 g/mol. The zero-order valence-corrected chi connectivity index (χ0v) is 18.0. The van der Waals surface area contributed by atoms with Crippen molar-refractivity contribution in [1.82, 2.24) is 9.78 Å². The molecule has 1 aliphatic heterocycles. The molecule has 0 saturated heterocycles. The number of aromatic nitrogens is 2.